The Morgan fingerprint density at radius 1 is 1.24 bits per heavy atom. The van der Waals surface area contributed by atoms with Crippen molar-refractivity contribution >= 4 is 23.9 Å². The lowest BCUT2D eigenvalue weighted by Crippen LogP contribution is -2.50. The molecule has 2 aliphatic rings. The SMILES string of the molecule is CC(=O)N1C=Cc2ccccc2[C@H]1CC(=O)OCC(=O)NC1(C#N)CCCCC1. The molecule has 7 nitrogen and oxygen atoms in total. The highest BCUT2D eigenvalue weighted by Crippen LogP contribution is 2.33. The second kappa shape index (κ2) is 8.91. The fraction of sp³-hybridized carbons (Fsp3) is 0.455. The topological polar surface area (TPSA) is 99.5 Å². The summed E-state index contributed by atoms with van der Waals surface area (Å²) in [6.45, 7) is 1.00. The summed E-state index contributed by atoms with van der Waals surface area (Å²) in [5.74, 6) is -1.23. The Bertz CT molecular complexity index is 865. The normalized spacial score (nSPS) is 19.6. The summed E-state index contributed by atoms with van der Waals surface area (Å²) in [7, 11) is 0. The zero-order valence-electron chi connectivity index (χ0n) is 16.5. The van der Waals surface area contributed by atoms with Gasteiger partial charge in [0.05, 0.1) is 18.5 Å². The molecule has 1 aliphatic carbocycles. The number of hydrogen-bond donors (Lipinski definition) is 1. The second-order valence-corrected chi connectivity index (χ2v) is 7.55. The van der Waals surface area contributed by atoms with Crippen LogP contribution in [0.15, 0.2) is 30.5 Å². The maximum atomic E-state index is 12.4. The lowest BCUT2D eigenvalue weighted by molar-refractivity contribution is -0.150. The Hall–Kier alpha value is -3.14. The molecule has 0 bridgehead atoms. The predicted molar refractivity (Wildman–Crippen MR) is 106 cm³/mol. The highest BCUT2D eigenvalue weighted by molar-refractivity contribution is 5.83. The molecule has 1 aromatic rings. The summed E-state index contributed by atoms with van der Waals surface area (Å²) in [6, 6.07) is 9.27. The number of carbonyl (C=O) groups excluding carboxylic acids is 3. The van der Waals surface area contributed by atoms with Crippen LogP contribution in [0.1, 0.15) is 62.6 Å². The Kier molecular flexibility index (Phi) is 6.32. The van der Waals surface area contributed by atoms with Gasteiger partial charge >= 0.3 is 5.97 Å². The molecule has 0 spiro atoms. The number of amides is 2. The fourth-order valence-corrected chi connectivity index (χ4v) is 4.00. The van der Waals surface area contributed by atoms with Gasteiger partial charge in [0.25, 0.3) is 5.91 Å². The van der Waals surface area contributed by atoms with Crippen LogP contribution in [-0.2, 0) is 19.1 Å². The van der Waals surface area contributed by atoms with Crippen LogP contribution in [0.4, 0.5) is 0 Å². The molecule has 1 aliphatic heterocycles. The van der Waals surface area contributed by atoms with Crippen LogP contribution in [0, 0.1) is 11.3 Å². The van der Waals surface area contributed by atoms with Crippen molar-refractivity contribution in [3.05, 3.63) is 41.6 Å². The first-order valence-corrected chi connectivity index (χ1v) is 9.88. The van der Waals surface area contributed by atoms with E-state index in [4.69, 9.17) is 4.74 Å². The zero-order valence-corrected chi connectivity index (χ0v) is 16.5. The van der Waals surface area contributed by atoms with Crippen molar-refractivity contribution in [2.45, 2.75) is 57.0 Å². The Labute approximate surface area is 170 Å². The molecule has 152 valence electrons. The van der Waals surface area contributed by atoms with Gasteiger partial charge in [0.15, 0.2) is 6.61 Å². The number of rotatable bonds is 5. The number of esters is 1. The molecular weight excluding hydrogens is 370 g/mol. The minimum absolute atomic E-state index is 0.0579. The van der Waals surface area contributed by atoms with Gasteiger partial charge in [-0.3, -0.25) is 14.4 Å². The second-order valence-electron chi connectivity index (χ2n) is 7.55. The van der Waals surface area contributed by atoms with Gasteiger partial charge in [-0.2, -0.15) is 5.26 Å². The monoisotopic (exact) mass is 395 g/mol. The molecule has 3 rings (SSSR count). The molecule has 1 N–H and O–H groups in total. The molecule has 1 fully saturated rings. The minimum atomic E-state index is -0.861. The number of hydrogen-bond acceptors (Lipinski definition) is 5. The van der Waals surface area contributed by atoms with E-state index in [1.807, 2.05) is 30.3 Å². The van der Waals surface area contributed by atoms with Crippen molar-refractivity contribution in [3.63, 3.8) is 0 Å². The molecule has 2 amide bonds. The number of nitrogens with one attached hydrogen (secondary N) is 1. The van der Waals surface area contributed by atoms with E-state index in [1.54, 1.807) is 6.20 Å². The van der Waals surface area contributed by atoms with Crippen molar-refractivity contribution in [1.29, 1.82) is 5.26 Å². The largest absolute Gasteiger partial charge is 0.456 e. The molecule has 7 heteroatoms. The van der Waals surface area contributed by atoms with E-state index in [0.29, 0.717) is 12.8 Å². The van der Waals surface area contributed by atoms with Crippen LogP contribution in [-0.4, -0.2) is 34.8 Å². The van der Waals surface area contributed by atoms with E-state index in [9.17, 15) is 19.6 Å². The third kappa shape index (κ3) is 4.83. The third-order valence-corrected chi connectivity index (χ3v) is 5.49. The van der Waals surface area contributed by atoms with Crippen LogP contribution in [0.5, 0.6) is 0 Å². The van der Waals surface area contributed by atoms with Crippen LogP contribution in [0.3, 0.4) is 0 Å². The number of fused-ring (bicyclic) bond motifs is 1. The van der Waals surface area contributed by atoms with E-state index in [0.717, 1.165) is 30.4 Å². The summed E-state index contributed by atoms with van der Waals surface area (Å²) in [6.07, 6.45) is 7.50. The Morgan fingerprint density at radius 2 is 1.97 bits per heavy atom. The van der Waals surface area contributed by atoms with Gasteiger partial charge in [0.1, 0.15) is 5.54 Å². The lowest BCUT2D eigenvalue weighted by atomic mass is 9.83. The van der Waals surface area contributed by atoms with Gasteiger partial charge in [-0.15, -0.1) is 0 Å². The van der Waals surface area contributed by atoms with E-state index in [2.05, 4.69) is 11.4 Å². The van der Waals surface area contributed by atoms with Gasteiger partial charge < -0.3 is 15.0 Å². The summed E-state index contributed by atoms with van der Waals surface area (Å²) in [5.41, 5.74) is 0.936. The summed E-state index contributed by atoms with van der Waals surface area (Å²) < 4.78 is 5.16. The molecule has 1 aromatic carbocycles. The predicted octanol–water partition coefficient (Wildman–Crippen LogP) is 2.84. The van der Waals surface area contributed by atoms with Gasteiger partial charge in [-0.05, 0) is 30.0 Å². The zero-order chi connectivity index (χ0) is 20.9. The summed E-state index contributed by atoms with van der Waals surface area (Å²) >= 11 is 0. The number of benzene rings is 1. The van der Waals surface area contributed by atoms with Crippen molar-refractivity contribution in [2.24, 2.45) is 0 Å². The molecule has 0 radical (unpaired) electrons. The Morgan fingerprint density at radius 3 is 2.66 bits per heavy atom. The molecule has 0 saturated heterocycles. The van der Waals surface area contributed by atoms with E-state index < -0.39 is 30.1 Å². The van der Waals surface area contributed by atoms with Crippen LogP contribution >= 0.6 is 0 Å². The first kappa shape index (κ1) is 20.6. The van der Waals surface area contributed by atoms with Crippen molar-refractivity contribution in [2.75, 3.05) is 6.61 Å². The summed E-state index contributed by atoms with van der Waals surface area (Å²) in [5, 5.41) is 12.2. The molecule has 1 atom stereocenters. The summed E-state index contributed by atoms with van der Waals surface area (Å²) in [4.78, 5) is 38.1. The van der Waals surface area contributed by atoms with Gasteiger partial charge in [0.2, 0.25) is 5.91 Å². The number of carbonyl (C=O) groups is 3. The minimum Gasteiger partial charge on any atom is -0.456 e. The molecule has 0 unspecified atom stereocenters. The quantitative estimate of drug-likeness (QED) is 0.773. The van der Waals surface area contributed by atoms with E-state index >= 15 is 0 Å². The standard InChI is InChI=1S/C22H25N3O4/c1-16(26)25-12-9-17-7-3-4-8-18(17)19(25)13-21(28)29-14-20(27)24-22(15-23)10-5-2-6-11-22/h3-4,7-9,12,19H,2,5-6,10-11,13-14H2,1H3,(H,24,27)/t19-/m1/s1. The molecule has 1 saturated carbocycles. The molecule has 29 heavy (non-hydrogen) atoms. The smallest absolute Gasteiger partial charge is 0.308 e. The van der Waals surface area contributed by atoms with Crippen molar-refractivity contribution in [1.82, 2.24) is 10.2 Å². The fourth-order valence-electron chi connectivity index (χ4n) is 4.00. The molecule has 0 aromatic heterocycles. The molecule has 1 heterocycles. The van der Waals surface area contributed by atoms with Crippen LogP contribution in [0.2, 0.25) is 0 Å². The first-order chi connectivity index (χ1) is 13.9. The average molecular weight is 395 g/mol. The molecular formula is C22H25N3O4. The van der Waals surface area contributed by atoms with E-state index in [-0.39, 0.29) is 12.3 Å². The van der Waals surface area contributed by atoms with Gasteiger partial charge in [0, 0.05) is 13.1 Å². The Balaban J connectivity index is 1.59. The number of nitrogens with zero attached hydrogens (tertiary/aromatic N) is 2. The first-order valence-electron chi connectivity index (χ1n) is 9.88. The number of ether oxygens (including phenoxy) is 1. The van der Waals surface area contributed by atoms with Crippen LogP contribution in [0.25, 0.3) is 6.08 Å². The lowest BCUT2D eigenvalue weighted by Gasteiger charge is -2.32. The number of nitriles is 1. The van der Waals surface area contributed by atoms with Crippen molar-refractivity contribution in [3.8, 4) is 6.07 Å². The average Bonchev–Trinajstić information content (AvgIpc) is 2.73. The van der Waals surface area contributed by atoms with Gasteiger partial charge in [-0.1, -0.05) is 43.5 Å². The maximum Gasteiger partial charge on any atom is 0.308 e. The highest BCUT2D eigenvalue weighted by atomic mass is 16.5. The highest BCUT2D eigenvalue weighted by Gasteiger charge is 2.34. The third-order valence-electron chi connectivity index (χ3n) is 5.49. The van der Waals surface area contributed by atoms with Gasteiger partial charge in [-0.25, -0.2) is 0 Å². The van der Waals surface area contributed by atoms with Crippen LogP contribution < -0.4 is 5.32 Å². The van der Waals surface area contributed by atoms with Crippen molar-refractivity contribution < 1.29 is 19.1 Å². The maximum absolute atomic E-state index is 12.4. The van der Waals surface area contributed by atoms with E-state index in [1.165, 1.54) is 11.8 Å².